The number of furan rings is 1. The van der Waals surface area contributed by atoms with Crippen LogP contribution in [0.2, 0.25) is 0 Å². The van der Waals surface area contributed by atoms with Crippen LogP contribution in [0.25, 0.3) is 6.08 Å². The average Bonchev–Trinajstić information content (AvgIpc) is 2.47. The maximum absolute atomic E-state index is 10.3. The fourth-order valence-electron chi connectivity index (χ4n) is 0.827. The highest BCUT2D eigenvalue weighted by molar-refractivity contribution is 5.43. The molecule has 0 fully saturated rings. The lowest BCUT2D eigenvalue weighted by Gasteiger charge is -2.16. The SMILES string of the molecule is C[N+](C)(C)/C=C\c1ccc([N+](=O)[O-])o1.[Br-]. The maximum atomic E-state index is 10.3. The second kappa shape index (κ2) is 5.09. The molecule has 1 rings (SSSR count). The molecule has 0 amide bonds. The Labute approximate surface area is 98.5 Å². The molecule has 0 aliphatic carbocycles. The summed E-state index contributed by atoms with van der Waals surface area (Å²) in [6.45, 7) is 0. The monoisotopic (exact) mass is 276 g/mol. The van der Waals surface area contributed by atoms with Crippen molar-refractivity contribution in [2.75, 3.05) is 21.1 Å². The minimum atomic E-state index is -0.552. The van der Waals surface area contributed by atoms with Gasteiger partial charge < -0.3 is 25.9 Å². The minimum absolute atomic E-state index is 0. The van der Waals surface area contributed by atoms with Crippen molar-refractivity contribution in [2.45, 2.75) is 0 Å². The molecule has 0 atom stereocenters. The quantitative estimate of drug-likeness (QED) is 0.399. The third-order valence-corrected chi connectivity index (χ3v) is 1.48. The molecule has 0 unspecified atom stereocenters. The van der Waals surface area contributed by atoms with Crippen molar-refractivity contribution in [1.82, 2.24) is 0 Å². The zero-order valence-electron chi connectivity index (χ0n) is 8.81. The average molecular weight is 277 g/mol. The van der Waals surface area contributed by atoms with Crippen molar-refractivity contribution in [1.29, 1.82) is 0 Å². The number of nitrogens with zero attached hydrogens (tertiary/aromatic N) is 2. The molecule has 0 N–H and O–H groups in total. The molecule has 0 aliphatic rings. The second-order valence-corrected chi connectivity index (χ2v) is 3.87. The van der Waals surface area contributed by atoms with Crippen molar-refractivity contribution in [3.8, 4) is 0 Å². The lowest BCUT2D eigenvalue weighted by atomic mass is 10.4. The first-order valence-electron chi connectivity index (χ1n) is 4.13. The maximum Gasteiger partial charge on any atom is 0.433 e. The smallest absolute Gasteiger partial charge is 0.433 e. The van der Waals surface area contributed by atoms with Crippen LogP contribution < -0.4 is 17.0 Å². The zero-order chi connectivity index (χ0) is 10.8. The lowest BCUT2D eigenvalue weighted by Crippen LogP contribution is -3.00. The zero-order valence-corrected chi connectivity index (χ0v) is 10.4. The Kier molecular flexibility index (Phi) is 4.70. The molecule has 0 saturated heterocycles. The third-order valence-electron chi connectivity index (χ3n) is 1.48. The summed E-state index contributed by atoms with van der Waals surface area (Å²) in [5, 5.41) is 10.3. The van der Waals surface area contributed by atoms with Gasteiger partial charge in [0.25, 0.3) is 0 Å². The molecular weight excluding hydrogens is 264 g/mol. The van der Waals surface area contributed by atoms with Crippen molar-refractivity contribution >= 4 is 12.0 Å². The van der Waals surface area contributed by atoms with Crippen molar-refractivity contribution < 1.29 is 30.8 Å². The predicted octanol–water partition coefficient (Wildman–Crippen LogP) is -1.13. The number of quaternary nitrogens is 1. The van der Waals surface area contributed by atoms with Gasteiger partial charge in [0.2, 0.25) is 0 Å². The standard InChI is InChI=1S/C9H13N2O3.BrH/c1-11(2,3)7-6-8-4-5-9(14-8)10(12)13;/h4-7H,1-3H3;1H/q+1;/p-1/b7-6-;. The summed E-state index contributed by atoms with van der Waals surface area (Å²) < 4.78 is 5.58. The van der Waals surface area contributed by atoms with Crippen LogP contribution in [0.15, 0.2) is 22.7 Å². The molecule has 1 aromatic heterocycles. The molecule has 5 nitrogen and oxygen atoms in total. The first-order valence-corrected chi connectivity index (χ1v) is 4.13. The van der Waals surface area contributed by atoms with Crippen LogP contribution in [0.1, 0.15) is 5.76 Å². The normalized spacial score (nSPS) is 11.4. The summed E-state index contributed by atoms with van der Waals surface area (Å²) in [5.74, 6) is 0.260. The fourth-order valence-corrected chi connectivity index (χ4v) is 0.827. The van der Waals surface area contributed by atoms with Gasteiger partial charge in [-0.1, -0.05) is 0 Å². The van der Waals surface area contributed by atoms with Gasteiger partial charge in [-0.15, -0.1) is 0 Å². The third kappa shape index (κ3) is 4.75. The number of nitro groups is 1. The van der Waals surface area contributed by atoms with Gasteiger partial charge in [0.15, 0.2) is 0 Å². The van der Waals surface area contributed by atoms with Crippen LogP contribution in [-0.4, -0.2) is 30.5 Å². The van der Waals surface area contributed by atoms with Crippen LogP contribution in [-0.2, 0) is 0 Å². The van der Waals surface area contributed by atoms with Crippen LogP contribution in [0.5, 0.6) is 0 Å². The van der Waals surface area contributed by atoms with Gasteiger partial charge in [-0.2, -0.15) is 0 Å². The van der Waals surface area contributed by atoms with E-state index in [4.69, 9.17) is 4.42 Å². The molecule has 0 saturated carbocycles. The van der Waals surface area contributed by atoms with E-state index in [9.17, 15) is 10.1 Å². The number of hydrogen-bond acceptors (Lipinski definition) is 3. The van der Waals surface area contributed by atoms with Gasteiger partial charge in [-0.25, -0.2) is 0 Å². The van der Waals surface area contributed by atoms with Gasteiger partial charge in [0, 0.05) is 6.08 Å². The summed E-state index contributed by atoms with van der Waals surface area (Å²) in [6.07, 6.45) is 3.59. The van der Waals surface area contributed by atoms with Gasteiger partial charge >= 0.3 is 5.88 Å². The summed E-state index contributed by atoms with van der Waals surface area (Å²) in [5.41, 5.74) is 0. The van der Waals surface area contributed by atoms with Crippen LogP contribution >= 0.6 is 0 Å². The number of halogens is 1. The van der Waals surface area contributed by atoms with Gasteiger partial charge in [-0.05, 0) is 6.07 Å². The molecule has 0 aliphatic heterocycles. The van der Waals surface area contributed by atoms with E-state index in [1.165, 1.54) is 6.07 Å². The topological polar surface area (TPSA) is 56.3 Å². The second-order valence-electron chi connectivity index (χ2n) is 3.87. The van der Waals surface area contributed by atoms with E-state index in [1.807, 2.05) is 27.3 Å². The highest BCUT2D eigenvalue weighted by Crippen LogP contribution is 2.16. The first kappa shape index (κ1) is 13.9. The molecule has 6 heteroatoms. The Morgan fingerprint density at radius 1 is 1.40 bits per heavy atom. The van der Waals surface area contributed by atoms with E-state index in [0.29, 0.717) is 10.2 Å². The molecular formula is C9H13BrN2O3. The Hall–Kier alpha value is -1.14. The Bertz CT molecular complexity index is 366. The highest BCUT2D eigenvalue weighted by atomic mass is 79.9. The van der Waals surface area contributed by atoms with Gasteiger partial charge in [0.05, 0.1) is 33.4 Å². The summed E-state index contributed by atoms with van der Waals surface area (Å²) >= 11 is 0. The molecule has 0 radical (unpaired) electrons. The summed E-state index contributed by atoms with van der Waals surface area (Å²) in [7, 11) is 5.94. The van der Waals surface area contributed by atoms with Crippen LogP contribution in [0.4, 0.5) is 5.88 Å². The molecule has 0 bridgehead atoms. The van der Waals surface area contributed by atoms with Gasteiger partial charge in [-0.3, -0.25) is 10.1 Å². The number of rotatable bonds is 3. The number of hydrogen-bond donors (Lipinski definition) is 0. The minimum Gasteiger partial charge on any atom is -1.00 e. The Balaban J connectivity index is 0.00000196. The molecule has 1 heterocycles. The lowest BCUT2D eigenvalue weighted by molar-refractivity contribution is -0.816. The van der Waals surface area contributed by atoms with Gasteiger partial charge in [0.1, 0.15) is 10.7 Å². The van der Waals surface area contributed by atoms with Crippen molar-refractivity contribution in [3.63, 3.8) is 0 Å². The summed E-state index contributed by atoms with van der Waals surface area (Å²) in [6, 6.07) is 2.92. The molecule has 84 valence electrons. The van der Waals surface area contributed by atoms with E-state index < -0.39 is 4.92 Å². The Morgan fingerprint density at radius 2 is 2.00 bits per heavy atom. The Morgan fingerprint density at radius 3 is 2.40 bits per heavy atom. The van der Waals surface area contributed by atoms with E-state index in [0.717, 1.165) is 0 Å². The van der Waals surface area contributed by atoms with E-state index >= 15 is 0 Å². The van der Waals surface area contributed by atoms with E-state index in [1.54, 1.807) is 12.1 Å². The molecule has 15 heavy (non-hydrogen) atoms. The predicted molar refractivity (Wildman–Crippen MR) is 52.4 cm³/mol. The molecule has 0 spiro atoms. The molecule has 0 aromatic carbocycles. The van der Waals surface area contributed by atoms with E-state index in [2.05, 4.69) is 0 Å². The van der Waals surface area contributed by atoms with Crippen molar-refractivity contribution in [3.05, 3.63) is 34.2 Å². The first-order chi connectivity index (χ1) is 6.38. The van der Waals surface area contributed by atoms with Crippen LogP contribution in [0.3, 0.4) is 0 Å². The van der Waals surface area contributed by atoms with E-state index in [-0.39, 0.29) is 22.9 Å². The largest absolute Gasteiger partial charge is 1.00 e. The highest BCUT2D eigenvalue weighted by Gasteiger charge is 2.10. The molecule has 1 aromatic rings. The van der Waals surface area contributed by atoms with Crippen LogP contribution in [0, 0.1) is 10.1 Å². The fraction of sp³-hybridized carbons (Fsp3) is 0.333. The summed E-state index contributed by atoms with van der Waals surface area (Å²) in [4.78, 5) is 9.75. The van der Waals surface area contributed by atoms with Crippen molar-refractivity contribution in [2.24, 2.45) is 0 Å².